The fourth-order valence-corrected chi connectivity index (χ4v) is 5.19. The van der Waals surface area contributed by atoms with Crippen LogP contribution < -0.4 is 4.74 Å². The van der Waals surface area contributed by atoms with Gasteiger partial charge in [0.25, 0.3) is 11.8 Å². The summed E-state index contributed by atoms with van der Waals surface area (Å²) in [4.78, 5) is 26.6. The van der Waals surface area contributed by atoms with Crippen LogP contribution in [0.5, 0.6) is 5.75 Å². The average molecular weight is 412 g/mol. The van der Waals surface area contributed by atoms with Gasteiger partial charge in [0.15, 0.2) is 9.84 Å². The summed E-state index contributed by atoms with van der Waals surface area (Å²) in [5.74, 6) is -1.00. The van der Waals surface area contributed by atoms with E-state index in [9.17, 15) is 23.3 Å². The van der Waals surface area contributed by atoms with Gasteiger partial charge in [-0.2, -0.15) is 5.26 Å². The molecule has 1 unspecified atom stereocenters. The molecular formula is C21H20N2O5S. The van der Waals surface area contributed by atoms with Gasteiger partial charge in [0.2, 0.25) is 0 Å². The molecular weight excluding hydrogens is 392 g/mol. The van der Waals surface area contributed by atoms with E-state index in [0.29, 0.717) is 5.75 Å². The second-order valence-electron chi connectivity index (χ2n) is 6.83. The molecule has 1 aromatic rings. The fourth-order valence-electron chi connectivity index (χ4n) is 3.49. The van der Waals surface area contributed by atoms with E-state index in [-0.39, 0.29) is 34.6 Å². The predicted octanol–water partition coefficient (Wildman–Crippen LogP) is 2.03. The molecule has 150 valence electrons. The zero-order valence-corrected chi connectivity index (χ0v) is 16.9. The van der Waals surface area contributed by atoms with E-state index in [1.54, 1.807) is 32.3 Å². The summed E-state index contributed by atoms with van der Waals surface area (Å²) in [5.41, 5.74) is 1.12. The molecule has 1 saturated heterocycles. The molecule has 0 aliphatic carbocycles. The van der Waals surface area contributed by atoms with E-state index in [2.05, 4.69) is 0 Å². The van der Waals surface area contributed by atoms with Gasteiger partial charge in [-0.3, -0.25) is 14.5 Å². The van der Waals surface area contributed by atoms with E-state index in [1.165, 1.54) is 6.08 Å². The van der Waals surface area contributed by atoms with E-state index in [4.69, 9.17) is 4.74 Å². The second kappa shape index (κ2) is 8.05. The number of nitrogens with zero attached hydrogens (tertiary/aromatic N) is 2. The number of amides is 2. The van der Waals surface area contributed by atoms with E-state index in [0.717, 1.165) is 10.5 Å². The van der Waals surface area contributed by atoms with Crippen molar-refractivity contribution in [3.05, 3.63) is 58.7 Å². The second-order valence-corrected chi connectivity index (χ2v) is 9.06. The van der Waals surface area contributed by atoms with Crippen LogP contribution in [-0.2, 0) is 19.4 Å². The lowest BCUT2D eigenvalue weighted by Crippen LogP contribution is -2.49. The van der Waals surface area contributed by atoms with Gasteiger partial charge in [0.05, 0.1) is 24.7 Å². The molecule has 29 heavy (non-hydrogen) atoms. The number of carbonyl (C=O) groups excluding carboxylic acids is 2. The van der Waals surface area contributed by atoms with Gasteiger partial charge in [-0.05, 0) is 31.1 Å². The molecule has 1 fully saturated rings. The van der Waals surface area contributed by atoms with Crippen molar-refractivity contribution in [2.24, 2.45) is 0 Å². The first-order chi connectivity index (χ1) is 13.8. The van der Waals surface area contributed by atoms with Crippen molar-refractivity contribution in [1.29, 1.82) is 5.26 Å². The number of imide groups is 1. The lowest BCUT2D eigenvalue weighted by atomic mass is 9.93. The summed E-state index contributed by atoms with van der Waals surface area (Å²) in [6.45, 7) is 1.54. The fraction of sp³-hybridized carbons (Fsp3) is 0.286. The van der Waals surface area contributed by atoms with Crippen LogP contribution in [0.25, 0.3) is 6.08 Å². The molecule has 2 aliphatic rings. The minimum Gasteiger partial charge on any atom is -0.496 e. The van der Waals surface area contributed by atoms with Crippen LogP contribution in [0, 0.1) is 11.3 Å². The number of nitriles is 1. The van der Waals surface area contributed by atoms with Crippen molar-refractivity contribution >= 4 is 27.7 Å². The molecule has 1 aromatic carbocycles. The maximum absolute atomic E-state index is 13.0. The monoisotopic (exact) mass is 412 g/mol. The largest absolute Gasteiger partial charge is 0.496 e. The first kappa shape index (κ1) is 20.6. The lowest BCUT2D eigenvalue weighted by Gasteiger charge is -2.31. The molecule has 2 heterocycles. The van der Waals surface area contributed by atoms with E-state index < -0.39 is 27.7 Å². The first-order valence-corrected chi connectivity index (χ1v) is 10.8. The third kappa shape index (κ3) is 4.00. The third-order valence-corrected chi connectivity index (χ3v) is 6.77. The Balaban J connectivity index is 1.99. The van der Waals surface area contributed by atoms with Crippen LogP contribution in [0.4, 0.5) is 0 Å². The highest BCUT2D eigenvalue weighted by molar-refractivity contribution is 7.91. The topological polar surface area (TPSA) is 105 Å². The number of para-hydroxylation sites is 1. The molecule has 0 aromatic heterocycles. The Kier molecular flexibility index (Phi) is 5.71. The molecule has 2 amide bonds. The number of hydrogen-bond acceptors (Lipinski definition) is 6. The Morgan fingerprint density at radius 1 is 1.24 bits per heavy atom. The smallest absolute Gasteiger partial charge is 0.271 e. The normalized spacial score (nSPS) is 23.1. The number of ether oxygens (including phenoxy) is 1. The van der Waals surface area contributed by atoms with Gasteiger partial charge in [0, 0.05) is 11.1 Å². The minimum absolute atomic E-state index is 0.0773. The number of allylic oxidation sites excluding steroid dienone is 2. The minimum atomic E-state index is -3.30. The van der Waals surface area contributed by atoms with Crippen LogP contribution in [0.1, 0.15) is 18.9 Å². The maximum atomic E-state index is 13.0. The quantitative estimate of drug-likeness (QED) is 0.554. The molecule has 2 aliphatic heterocycles. The van der Waals surface area contributed by atoms with Crippen molar-refractivity contribution < 1.29 is 22.7 Å². The van der Waals surface area contributed by atoms with Gasteiger partial charge >= 0.3 is 0 Å². The Labute approximate surface area is 169 Å². The highest BCUT2D eigenvalue weighted by Crippen LogP contribution is 2.30. The summed E-state index contributed by atoms with van der Waals surface area (Å²) in [6.07, 6.45) is 5.11. The van der Waals surface area contributed by atoms with Gasteiger partial charge < -0.3 is 4.74 Å². The van der Waals surface area contributed by atoms with E-state index in [1.807, 2.05) is 24.3 Å². The van der Waals surface area contributed by atoms with Crippen LogP contribution in [-0.4, -0.2) is 49.8 Å². The number of rotatable bonds is 4. The highest BCUT2D eigenvalue weighted by atomic mass is 32.2. The number of hydrogen-bond donors (Lipinski definition) is 0. The van der Waals surface area contributed by atoms with Crippen LogP contribution in [0.3, 0.4) is 0 Å². The predicted molar refractivity (Wildman–Crippen MR) is 107 cm³/mol. The molecule has 8 heteroatoms. The molecule has 7 nitrogen and oxygen atoms in total. The summed E-state index contributed by atoms with van der Waals surface area (Å²) >= 11 is 0. The van der Waals surface area contributed by atoms with Crippen molar-refractivity contribution in [2.45, 2.75) is 19.4 Å². The highest BCUT2D eigenvalue weighted by Gasteiger charge is 2.43. The number of sulfone groups is 1. The molecule has 0 spiro atoms. The van der Waals surface area contributed by atoms with Crippen LogP contribution >= 0.6 is 0 Å². The zero-order valence-electron chi connectivity index (χ0n) is 16.1. The number of benzene rings is 1. The van der Waals surface area contributed by atoms with Gasteiger partial charge in [-0.25, -0.2) is 8.42 Å². The summed E-state index contributed by atoms with van der Waals surface area (Å²) in [5, 5.41) is 9.42. The van der Waals surface area contributed by atoms with Crippen LogP contribution in [0.15, 0.2) is 53.1 Å². The number of methoxy groups -OCH3 is 1. The van der Waals surface area contributed by atoms with Crippen molar-refractivity contribution in [1.82, 2.24) is 4.90 Å². The Bertz CT molecular complexity index is 1110. The van der Waals surface area contributed by atoms with Crippen molar-refractivity contribution in [3.8, 4) is 11.8 Å². The standard InChI is InChI=1S/C21H20N2O5S/c1-14-17(8-5-7-15-6-3-4-9-19(15)28-2)20(24)23(21(25)18(14)12-22)16-10-11-29(26,27)13-16/h3-9,16H,10-11,13H2,1-2H3/b7-5+,17-8-. The Morgan fingerprint density at radius 3 is 2.59 bits per heavy atom. The average Bonchev–Trinajstić information content (AvgIpc) is 3.04. The maximum Gasteiger partial charge on any atom is 0.271 e. The Morgan fingerprint density at radius 2 is 1.97 bits per heavy atom. The van der Waals surface area contributed by atoms with Gasteiger partial charge in [-0.1, -0.05) is 30.4 Å². The summed E-state index contributed by atoms with van der Waals surface area (Å²) in [6, 6.07) is 8.44. The Hall–Kier alpha value is -3.18. The lowest BCUT2D eigenvalue weighted by molar-refractivity contribution is -0.142. The molecule has 1 atom stereocenters. The van der Waals surface area contributed by atoms with Crippen molar-refractivity contribution in [2.75, 3.05) is 18.6 Å². The zero-order chi connectivity index (χ0) is 21.2. The van der Waals surface area contributed by atoms with Gasteiger partial charge in [-0.15, -0.1) is 0 Å². The van der Waals surface area contributed by atoms with Gasteiger partial charge in [0.1, 0.15) is 17.4 Å². The third-order valence-electron chi connectivity index (χ3n) is 5.02. The van der Waals surface area contributed by atoms with Crippen LogP contribution in [0.2, 0.25) is 0 Å². The van der Waals surface area contributed by atoms with E-state index >= 15 is 0 Å². The number of carbonyl (C=O) groups is 2. The SMILES string of the molecule is COc1ccccc1/C=C/C=C1\C(=O)N(C2CCS(=O)(=O)C2)C(=O)C(C#N)=C1C. The molecule has 0 bridgehead atoms. The molecule has 0 N–H and O–H groups in total. The van der Waals surface area contributed by atoms with Crippen molar-refractivity contribution in [3.63, 3.8) is 0 Å². The molecule has 0 saturated carbocycles. The molecule has 3 rings (SSSR count). The summed E-state index contributed by atoms with van der Waals surface area (Å²) in [7, 11) is -1.74. The first-order valence-electron chi connectivity index (χ1n) is 9.00. The molecule has 0 radical (unpaired) electrons. The summed E-state index contributed by atoms with van der Waals surface area (Å²) < 4.78 is 28.9.